The van der Waals surface area contributed by atoms with Crippen molar-refractivity contribution in [1.29, 1.82) is 0 Å². The molecule has 6 unspecified atom stereocenters. The fraction of sp³-hybridized carbons (Fsp3) is 0.931. The van der Waals surface area contributed by atoms with Gasteiger partial charge >= 0.3 is 12.2 Å². The first-order chi connectivity index (χ1) is 16.9. The van der Waals surface area contributed by atoms with Gasteiger partial charge in [-0.25, -0.2) is 9.59 Å². The van der Waals surface area contributed by atoms with Gasteiger partial charge in [0.05, 0.1) is 0 Å². The summed E-state index contributed by atoms with van der Waals surface area (Å²) in [5.41, 5.74) is 1.11. The van der Waals surface area contributed by atoms with E-state index in [0.29, 0.717) is 35.8 Å². The van der Waals surface area contributed by atoms with E-state index >= 15 is 0 Å². The molecular formula is C29H51N3O4. The van der Waals surface area contributed by atoms with Gasteiger partial charge in [-0.2, -0.15) is 0 Å². The number of nitrogens with one attached hydrogen (secondary N) is 3. The molecule has 0 radical (unpaired) electrons. The normalized spacial score (nSPS) is 37.2. The molecule has 206 valence electrons. The van der Waals surface area contributed by atoms with Gasteiger partial charge in [-0.05, 0) is 92.5 Å². The molecule has 6 atom stereocenters. The lowest BCUT2D eigenvalue weighted by molar-refractivity contribution is 0.0527. The van der Waals surface area contributed by atoms with Crippen molar-refractivity contribution < 1.29 is 19.1 Å². The molecule has 4 aliphatic carbocycles. The van der Waals surface area contributed by atoms with Crippen molar-refractivity contribution >= 4 is 12.2 Å². The summed E-state index contributed by atoms with van der Waals surface area (Å²) in [4.78, 5) is 24.5. The topological polar surface area (TPSA) is 88.7 Å². The molecule has 0 aromatic carbocycles. The van der Waals surface area contributed by atoms with Crippen molar-refractivity contribution in [3.63, 3.8) is 0 Å². The molecule has 0 aromatic rings. The molecule has 2 amide bonds. The minimum atomic E-state index is -0.270. The molecule has 0 spiro atoms. The lowest BCUT2D eigenvalue weighted by Gasteiger charge is -2.33. The van der Waals surface area contributed by atoms with Gasteiger partial charge in [0.15, 0.2) is 0 Å². The minimum absolute atomic E-state index is 0.0613. The molecule has 36 heavy (non-hydrogen) atoms. The van der Waals surface area contributed by atoms with Crippen LogP contribution in [0.25, 0.3) is 0 Å². The van der Waals surface area contributed by atoms with Crippen LogP contribution in [0.5, 0.6) is 0 Å². The Bertz CT molecular complexity index is 743. The zero-order valence-electron chi connectivity index (χ0n) is 23.6. The Kier molecular flexibility index (Phi) is 7.91. The van der Waals surface area contributed by atoms with Gasteiger partial charge in [-0.15, -0.1) is 0 Å². The summed E-state index contributed by atoms with van der Waals surface area (Å²) in [6.45, 7) is 17.0. The van der Waals surface area contributed by atoms with E-state index in [2.05, 4.69) is 57.5 Å². The van der Waals surface area contributed by atoms with Crippen LogP contribution in [-0.4, -0.2) is 50.6 Å². The summed E-state index contributed by atoms with van der Waals surface area (Å²) in [7, 11) is 0. The van der Waals surface area contributed by atoms with Gasteiger partial charge in [0.2, 0.25) is 0 Å². The van der Waals surface area contributed by atoms with E-state index in [1.54, 1.807) is 0 Å². The van der Waals surface area contributed by atoms with E-state index in [9.17, 15) is 9.59 Å². The molecule has 4 aliphatic rings. The van der Waals surface area contributed by atoms with E-state index < -0.39 is 0 Å². The number of fused-ring (bicyclic) bond motifs is 4. The maximum absolute atomic E-state index is 12.3. The Hall–Kier alpha value is -1.50. The standard InChI is InChI=1S/C29H51N3O4/c1-26(2)20-10-12-28(26,5)18-22(20)35-24(33)31-16-8-7-14-30-15-9-17-32-25(34)36-23-19-29(6)13-11-21(23)27(29,3)4/h20-23,30H,7-19H2,1-6H3,(H,31,33)(H,32,34). The molecule has 0 aromatic heterocycles. The van der Waals surface area contributed by atoms with Crippen LogP contribution in [0.2, 0.25) is 0 Å². The molecule has 0 heterocycles. The maximum Gasteiger partial charge on any atom is 0.407 e. The summed E-state index contributed by atoms with van der Waals surface area (Å²) in [6.07, 6.45) is 9.19. The smallest absolute Gasteiger partial charge is 0.407 e. The van der Waals surface area contributed by atoms with Gasteiger partial charge in [-0.3, -0.25) is 0 Å². The molecule has 4 saturated carbocycles. The number of carbonyl (C=O) groups is 2. The second-order valence-electron chi connectivity index (χ2n) is 13.8. The number of alkyl carbamates (subject to hydrolysis) is 2. The van der Waals surface area contributed by atoms with Crippen LogP contribution in [-0.2, 0) is 9.47 Å². The van der Waals surface area contributed by atoms with Crippen molar-refractivity contribution in [2.75, 3.05) is 26.2 Å². The number of hydrogen-bond donors (Lipinski definition) is 3. The third-order valence-corrected chi connectivity index (χ3v) is 11.5. The van der Waals surface area contributed by atoms with Gasteiger partial charge in [0.1, 0.15) is 12.2 Å². The van der Waals surface area contributed by atoms with Crippen LogP contribution in [0.3, 0.4) is 0 Å². The van der Waals surface area contributed by atoms with Crippen molar-refractivity contribution in [2.45, 2.75) is 112 Å². The Labute approximate surface area is 218 Å². The molecular weight excluding hydrogens is 454 g/mol. The average molecular weight is 506 g/mol. The fourth-order valence-electron chi connectivity index (χ4n) is 8.11. The highest BCUT2D eigenvalue weighted by molar-refractivity contribution is 5.67. The van der Waals surface area contributed by atoms with Crippen LogP contribution in [0.15, 0.2) is 0 Å². The number of rotatable bonds is 11. The lowest BCUT2D eigenvalue weighted by Crippen LogP contribution is -2.34. The Morgan fingerprint density at radius 2 is 1.08 bits per heavy atom. The van der Waals surface area contributed by atoms with Crippen LogP contribution < -0.4 is 16.0 Å². The Morgan fingerprint density at radius 1 is 0.667 bits per heavy atom. The number of carbonyl (C=O) groups excluding carboxylic acids is 2. The Balaban J connectivity index is 0.973. The third kappa shape index (κ3) is 5.10. The first kappa shape index (κ1) is 27.5. The zero-order chi connectivity index (χ0) is 26.2. The van der Waals surface area contributed by atoms with Gasteiger partial charge in [0.25, 0.3) is 0 Å². The first-order valence-corrected chi connectivity index (χ1v) is 14.5. The maximum atomic E-state index is 12.3. The quantitative estimate of drug-likeness (QED) is 0.317. The zero-order valence-corrected chi connectivity index (χ0v) is 23.6. The molecule has 7 nitrogen and oxygen atoms in total. The lowest BCUT2D eigenvalue weighted by atomic mass is 9.71. The number of amides is 2. The third-order valence-electron chi connectivity index (χ3n) is 11.5. The summed E-state index contributed by atoms with van der Waals surface area (Å²) < 4.78 is 11.6. The van der Waals surface area contributed by atoms with E-state index in [1.807, 2.05) is 0 Å². The Morgan fingerprint density at radius 3 is 1.50 bits per heavy atom. The molecule has 3 N–H and O–H groups in total. The second-order valence-corrected chi connectivity index (χ2v) is 13.8. The molecule has 0 saturated heterocycles. The molecule has 4 fully saturated rings. The van der Waals surface area contributed by atoms with E-state index in [0.717, 1.165) is 45.2 Å². The monoisotopic (exact) mass is 505 g/mol. The average Bonchev–Trinajstić information content (AvgIpc) is 3.31. The summed E-state index contributed by atoms with van der Waals surface area (Å²) in [5, 5.41) is 9.26. The summed E-state index contributed by atoms with van der Waals surface area (Å²) in [5.74, 6) is 0.974. The SMILES string of the molecule is CC12CCC(C(OC(=O)NCCCCNCCCNC(=O)OC3CC4(C)CCC3C4(C)C)C1)C2(C)C. The number of ether oxygens (including phenoxy) is 2. The predicted molar refractivity (Wildman–Crippen MR) is 142 cm³/mol. The van der Waals surface area contributed by atoms with Crippen LogP contribution >= 0.6 is 0 Å². The second kappa shape index (κ2) is 10.3. The molecule has 4 rings (SSSR count). The van der Waals surface area contributed by atoms with Gasteiger partial charge in [0, 0.05) is 24.9 Å². The first-order valence-electron chi connectivity index (χ1n) is 14.5. The highest BCUT2D eigenvalue weighted by atomic mass is 16.6. The minimum Gasteiger partial charge on any atom is -0.446 e. The van der Waals surface area contributed by atoms with Crippen molar-refractivity contribution in [3.05, 3.63) is 0 Å². The molecule has 7 heteroatoms. The van der Waals surface area contributed by atoms with E-state index in [4.69, 9.17) is 9.47 Å². The van der Waals surface area contributed by atoms with Crippen LogP contribution in [0.1, 0.15) is 99.3 Å². The number of unbranched alkanes of at least 4 members (excludes halogenated alkanes) is 1. The van der Waals surface area contributed by atoms with E-state index in [1.165, 1.54) is 25.7 Å². The summed E-state index contributed by atoms with van der Waals surface area (Å²) >= 11 is 0. The van der Waals surface area contributed by atoms with Crippen molar-refractivity contribution in [3.8, 4) is 0 Å². The van der Waals surface area contributed by atoms with Crippen LogP contribution in [0.4, 0.5) is 9.59 Å². The predicted octanol–water partition coefficient (Wildman–Crippen LogP) is 5.63. The van der Waals surface area contributed by atoms with E-state index in [-0.39, 0.29) is 35.2 Å². The van der Waals surface area contributed by atoms with Gasteiger partial charge < -0.3 is 25.4 Å². The molecule has 0 aliphatic heterocycles. The largest absolute Gasteiger partial charge is 0.446 e. The highest BCUT2D eigenvalue weighted by Crippen LogP contribution is 2.67. The number of hydrogen-bond acceptors (Lipinski definition) is 5. The molecule has 4 bridgehead atoms. The van der Waals surface area contributed by atoms with Crippen molar-refractivity contribution in [2.24, 2.45) is 33.5 Å². The fourth-order valence-corrected chi connectivity index (χ4v) is 8.11. The van der Waals surface area contributed by atoms with Gasteiger partial charge in [-0.1, -0.05) is 41.5 Å². The van der Waals surface area contributed by atoms with Crippen molar-refractivity contribution in [1.82, 2.24) is 16.0 Å². The van der Waals surface area contributed by atoms with Crippen LogP contribution in [0, 0.1) is 33.5 Å². The summed E-state index contributed by atoms with van der Waals surface area (Å²) in [6, 6.07) is 0. The highest BCUT2D eigenvalue weighted by Gasteiger charge is 2.62.